The highest BCUT2D eigenvalue weighted by Crippen LogP contribution is 2.30. The first-order valence-corrected chi connectivity index (χ1v) is 8.45. The number of rotatable bonds is 4. The Morgan fingerprint density at radius 3 is 2.68 bits per heavy atom. The highest BCUT2D eigenvalue weighted by Gasteiger charge is 2.22. The number of hydrogen-bond acceptors (Lipinski definition) is 3. The van der Waals surface area contributed by atoms with Gasteiger partial charge in [0.2, 0.25) is 0 Å². The van der Waals surface area contributed by atoms with E-state index >= 15 is 0 Å². The van der Waals surface area contributed by atoms with Crippen LogP contribution < -0.4 is 10.2 Å². The highest BCUT2D eigenvalue weighted by molar-refractivity contribution is 6.30. The molecule has 0 fully saturated rings. The quantitative estimate of drug-likeness (QED) is 0.909. The van der Waals surface area contributed by atoms with Gasteiger partial charge in [0.25, 0.3) is 11.8 Å². The average Bonchev–Trinajstić information content (AvgIpc) is 2.61. The number of aryl methyl sites for hydroxylation is 1. The number of nitrogens with zero attached hydrogens (tertiary/aromatic N) is 1. The van der Waals surface area contributed by atoms with E-state index in [0.29, 0.717) is 22.8 Å². The summed E-state index contributed by atoms with van der Waals surface area (Å²) < 4.78 is 4.95. The fourth-order valence-corrected chi connectivity index (χ4v) is 3.07. The Labute approximate surface area is 151 Å². The van der Waals surface area contributed by atoms with E-state index in [1.807, 2.05) is 18.2 Å². The number of halogens is 1. The molecule has 25 heavy (non-hydrogen) atoms. The van der Waals surface area contributed by atoms with Gasteiger partial charge >= 0.3 is 0 Å². The molecule has 0 saturated carbocycles. The van der Waals surface area contributed by atoms with Crippen LogP contribution in [0.1, 0.15) is 22.3 Å². The second-order valence-electron chi connectivity index (χ2n) is 5.89. The van der Waals surface area contributed by atoms with Crippen LogP contribution in [0.2, 0.25) is 5.02 Å². The number of nitrogens with one attached hydrogen (secondary N) is 1. The third-order valence-corrected chi connectivity index (χ3v) is 4.38. The predicted octanol–water partition coefficient (Wildman–Crippen LogP) is 3.52. The van der Waals surface area contributed by atoms with Crippen LogP contribution in [0.25, 0.3) is 0 Å². The molecule has 1 heterocycles. The second kappa shape index (κ2) is 7.68. The van der Waals surface area contributed by atoms with Gasteiger partial charge in [0.15, 0.2) is 0 Å². The van der Waals surface area contributed by atoms with Gasteiger partial charge in [-0.1, -0.05) is 11.6 Å². The van der Waals surface area contributed by atoms with E-state index in [1.54, 1.807) is 29.2 Å². The number of anilines is 2. The Hall–Kier alpha value is -2.37. The summed E-state index contributed by atoms with van der Waals surface area (Å²) in [4.78, 5) is 26.2. The van der Waals surface area contributed by atoms with Gasteiger partial charge in [0, 0.05) is 35.6 Å². The fourth-order valence-electron chi connectivity index (χ4n) is 2.94. The average molecular weight is 359 g/mol. The van der Waals surface area contributed by atoms with Crippen molar-refractivity contribution in [3.63, 3.8) is 0 Å². The summed E-state index contributed by atoms with van der Waals surface area (Å²) in [5.41, 5.74) is 3.18. The van der Waals surface area contributed by atoms with Gasteiger partial charge in [-0.3, -0.25) is 9.59 Å². The zero-order valence-electron chi connectivity index (χ0n) is 13.9. The number of hydrogen-bond donors (Lipinski definition) is 1. The Balaban J connectivity index is 1.78. The van der Waals surface area contributed by atoms with Gasteiger partial charge in [-0.15, -0.1) is 0 Å². The molecule has 0 aromatic heterocycles. The molecule has 0 unspecified atom stereocenters. The maximum atomic E-state index is 12.3. The lowest BCUT2D eigenvalue weighted by Crippen LogP contribution is -2.37. The van der Waals surface area contributed by atoms with Crippen LogP contribution in [0, 0.1) is 0 Å². The summed E-state index contributed by atoms with van der Waals surface area (Å²) >= 11 is 5.84. The molecule has 0 saturated heterocycles. The second-order valence-corrected chi connectivity index (χ2v) is 6.32. The van der Waals surface area contributed by atoms with Gasteiger partial charge in [-0.25, -0.2) is 0 Å². The van der Waals surface area contributed by atoms with Crippen molar-refractivity contribution in [2.45, 2.75) is 12.8 Å². The lowest BCUT2D eigenvalue weighted by Gasteiger charge is -2.29. The Morgan fingerprint density at radius 2 is 1.96 bits per heavy atom. The molecular weight excluding hydrogens is 340 g/mol. The van der Waals surface area contributed by atoms with Crippen LogP contribution in [0.4, 0.5) is 11.4 Å². The first-order chi connectivity index (χ1) is 12.1. The number of benzene rings is 2. The molecule has 0 radical (unpaired) electrons. The Kier molecular flexibility index (Phi) is 5.36. The van der Waals surface area contributed by atoms with Gasteiger partial charge in [0.1, 0.15) is 6.61 Å². The number of fused-ring (bicyclic) bond motifs is 1. The summed E-state index contributed by atoms with van der Waals surface area (Å²) in [5, 5.41) is 3.48. The molecule has 6 heteroatoms. The highest BCUT2D eigenvalue weighted by atomic mass is 35.5. The van der Waals surface area contributed by atoms with E-state index in [4.69, 9.17) is 16.3 Å². The van der Waals surface area contributed by atoms with Crippen LogP contribution in [-0.4, -0.2) is 32.1 Å². The first-order valence-electron chi connectivity index (χ1n) is 8.07. The van der Waals surface area contributed by atoms with Crippen molar-refractivity contribution in [1.82, 2.24) is 0 Å². The molecule has 5 nitrogen and oxygen atoms in total. The summed E-state index contributed by atoms with van der Waals surface area (Å²) in [6.07, 6.45) is 1.76. The van der Waals surface area contributed by atoms with Crippen molar-refractivity contribution < 1.29 is 14.3 Å². The first kappa shape index (κ1) is 17.5. The Bertz CT molecular complexity index is 790. The number of carbonyl (C=O) groups excluding carboxylic acids is 2. The van der Waals surface area contributed by atoms with Crippen LogP contribution in [-0.2, 0) is 16.0 Å². The summed E-state index contributed by atoms with van der Waals surface area (Å²) in [6, 6.07) is 12.3. The van der Waals surface area contributed by atoms with Crippen LogP contribution in [0.5, 0.6) is 0 Å². The molecule has 0 spiro atoms. The standard InChI is InChI=1S/C19H19ClN2O3/c1-25-12-18(23)22-10-2-3-14-11-16(8-9-17(14)22)21-19(24)13-4-6-15(20)7-5-13/h4-9,11H,2-3,10,12H2,1H3,(H,21,24). The molecule has 1 N–H and O–H groups in total. The van der Waals surface area contributed by atoms with E-state index in [-0.39, 0.29) is 18.4 Å². The van der Waals surface area contributed by atoms with E-state index < -0.39 is 0 Å². The SMILES string of the molecule is COCC(=O)N1CCCc2cc(NC(=O)c3ccc(Cl)cc3)ccc21. The third kappa shape index (κ3) is 4.00. The van der Waals surface area contributed by atoms with E-state index in [2.05, 4.69) is 5.32 Å². The molecule has 1 aliphatic rings. The topological polar surface area (TPSA) is 58.6 Å². The normalized spacial score (nSPS) is 13.3. The summed E-state index contributed by atoms with van der Waals surface area (Å²) in [6.45, 7) is 0.750. The van der Waals surface area contributed by atoms with Gasteiger partial charge in [-0.2, -0.15) is 0 Å². The number of ether oxygens (including phenoxy) is 1. The summed E-state index contributed by atoms with van der Waals surface area (Å²) in [7, 11) is 1.51. The number of methoxy groups -OCH3 is 1. The van der Waals surface area contributed by atoms with E-state index in [9.17, 15) is 9.59 Å². The van der Waals surface area contributed by atoms with Crippen LogP contribution >= 0.6 is 11.6 Å². The lowest BCUT2D eigenvalue weighted by molar-refractivity contribution is -0.122. The maximum Gasteiger partial charge on any atom is 0.255 e. The van der Waals surface area contributed by atoms with Crippen molar-refractivity contribution in [3.05, 3.63) is 58.6 Å². The summed E-state index contributed by atoms with van der Waals surface area (Å²) in [5.74, 6) is -0.249. The van der Waals surface area contributed by atoms with Crippen LogP contribution in [0.3, 0.4) is 0 Å². The van der Waals surface area contributed by atoms with Gasteiger partial charge < -0.3 is 15.0 Å². The third-order valence-electron chi connectivity index (χ3n) is 4.13. The molecule has 0 bridgehead atoms. The lowest BCUT2D eigenvalue weighted by atomic mass is 10.0. The fraction of sp³-hybridized carbons (Fsp3) is 0.263. The number of carbonyl (C=O) groups is 2. The van der Waals surface area contributed by atoms with Crippen molar-refractivity contribution in [3.8, 4) is 0 Å². The minimum Gasteiger partial charge on any atom is -0.375 e. The minimum absolute atomic E-state index is 0.0543. The van der Waals surface area contributed by atoms with Crippen molar-refractivity contribution >= 4 is 34.8 Å². The number of amides is 2. The van der Waals surface area contributed by atoms with E-state index in [1.165, 1.54) is 7.11 Å². The zero-order valence-corrected chi connectivity index (χ0v) is 14.7. The van der Waals surface area contributed by atoms with E-state index in [0.717, 1.165) is 24.1 Å². The molecule has 1 aliphatic heterocycles. The molecule has 0 aliphatic carbocycles. The maximum absolute atomic E-state index is 12.3. The molecule has 130 valence electrons. The monoisotopic (exact) mass is 358 g/mol. The molecule has 2 amide bonds. The molecular formula is C19H19ClN2O3. The van der Waals surface area contributed by atoms with Gasteiger partial charge in [-0.05, 0) is 60.9 Å². The largest absolute Gasteiger partial charge is 0.375 e. The molecule has 2 aromatic rings. The predicted molar refractivity (Wildman–Crippen MR) is 98.4 cm³/mol. The molecule has 0 atom stereocenters. The molecule has 3 rings (SSSR count). The van der Waals surface area contributed by atoms with Gasteiger partial charge in [0.05, 0.1) is 0 Å². The minimum atomic E-state index is -0.195. The Morgan fingerprint density at radius 1 is 1.20 bits per heavy atom. The molecule has 2 aromatic carbocycles. The van der Waals surface area contributed by atoms with Crippen molar-refractivity contribution in [2.75, 3.05) is 30.5 Å². The smallest absolute Gasteiger partial charge is 0.255 e. The van der Waals surface area contributed by atoms with Crippen molar-refractivity contribution in [1.29, 1.82) is 0 Å². The zero-order chi connectivity index (χ0) is 17.8. The van der Waals surface area contributed by atoms with Crippen LogP contribution in [0.15, 0.2) is 42.5 Å². The van der Waals surface area contributed by atoms with Crippen molar-refractivity contribution in [2.24, 2.45) is 0 Å².